The molecule has 1 unspecified atom stereocenters. The van der Waals surface area contributed by atoms with Crippen LogP contribution in [0.1, 0.15) is 39.7 Å². The molecule has 1 amide bonds. The van der Waals surface area contributed by atoms with E-state index in [4.69, 9.17) is 4.74 Å². The van der Waals surface area contributed by atoms with E-state index < -0.39 is 6.10 Å². The van der Waals surface area contributed by atoms with E-state index in [1.54, 1.807) is 6.92 Å². The third-order valence-electron chi connectivity index (χ3n) is 3.18. The van der Waals surface area contributed by atoms with E-state index in [1.165, 1.54) is 0 Å². The Balaban J connectivity index is 2.45. The van der Waals surface area contributed by atoms with Crippen LogP contribution in [0.5, 0.6) is 5.75 Å². The lowest BCUT2D eigenvalue weighted by Crippen LogP contribution is -2.37. The predicted molar refractivity (Wildman–Crippen MR) is 86.4 cm³/mol. The lowest BCUT2D eigenvalue weighted by Gasteiger charge is -2.16. The van der Waals surface area contributed by atoms with E-state index in [1.807, 2.05) is 24.3 Å². The van der Waals surface area contributed by atoms with Crippen molar-refractivity contribution in [2.45, 2.75) is 46.8 Å². The van der Waals surface area contributed by atoms with Gasteiger partial charge < -0.3 is 15.4 Å². The molecular weight excluding hydrogens is 264 g/mol. The average molecular weight is 292 g/mol. The van der Waals surface area contributed by atoms with Crippen LogP contribution in [-0.4, -0.2) is 25.1 Å². The van der Waals surface area contributed by atoms with Crippen molar-refractivity contribution in [2.75, 3.05) is 13.1 Å². The number of benzene rings is 1. The summed E-state index contributed by atoms with van der Waals surface area (Å²) in [7, 11) is 0. The van der Waals surface area contributed by atoms with Gasteiger partial charge in [0.05, 0.1) is 0 Å². The summed E-state index contributed by atoms with van der Waals surface area (Å²) in [4.78, 5) is 11.9. The molecule has 118 valence electrons. The lowest BCUT2D eigenvalue weighted by molar-refractivity contribution is -0.127. The topological polar surface area (TPSA) is 50.4 Å². The number of ether oxygens (including phenoxy) is 1. The monoisotopic (exact) mass is 292 g/mol. The summed E-state index contributed by atoms with van der Waals surface area (Å²) in [6, 6.07) is 7.85. The van der Waals surface area contributed by atoms with Gasteiger partial charge in [0, 0.05) is 13.1 Å². The smallest absolute Gasteiger partial charge is 0.260 e. The second-order valence-corrected chi connectivity index (χ2v) is 5.66. The molecule has 21 heavy (non-hydrogen) atoms. The Morgan fingerprint density at radius 2 is 2.05 bits per heavy atom. The first-order valence-electron chi connectivity index (χ1n) is 7.77. The first-order valence-corrected chi connectivity index (χ1v) is 7.77. The minimum atomic E-state index is -0.480. The van der Waals surface area contributed by atoms with Gasteiger partial charge in [-0.3, -0.25) is 4.79 Å². The molecule has 1 aromatic rings. The van der Waals surface area contributed by atoms with Crippen LogP contribution in [0.25, 0.3) is 0 Å². The van der Waals surface area contributed by atoms with Crippen molar-refractivity contribution in [2.24, 2.45) is 5.92 Å². The molecule has 1 aromatic carbocycles. The van der Waals surface area contributed by atoms with Gasteiger partial charge in [0.1, 0.15) is 5.75 Å². The van der Waals surface area contributed by atoms with Crippen molar-refractivity contribution in [1.29, 1.82) is 0 Å². The molecule has 0 aliphatic rings. The summed E-state index contributed by atoms with van der Waals surface area (Å²) in [5.74, 6) is 1.26. The maximum absolute atomic E-state index is 11.9. The van der Waals surface area contributed by atoms with Crippen LogP contribution in [0.2, 0.25) is 0 Å². The van der Waals surface area contributed by atoms with Gasteiger partial charge >= 0.3 is 0 Å². The number of hydrogen-bond acceptors (Lipinski definition) is 3. The van der Waals surface area contributed by atoms with E-state index in [2.05, 4.69) is 31.4 Å². The van der Waals surface area contributed by atoms with Gasteiger partial charge in [-0.2, -0.15) is 0 Å². The molecule has 0 fully saturated rings. The number of carbonyl (C=O) groups is 1. The first-order chi connectivity index (χ1) is 10.0. The third-order valence-corrected chi connectivity index (χ3v) is 3.18. The standard InChI is InChI=1S/C17H28N2O2/c1-5-18-12-15-7-6-8-16(11-15)21-14(4)17(20)19-10-9-13(2)3/h6-8,11,13-14,18H,5,9-10,12H2,1-4H3,(H,19,20). The lowest BCUT2D eigenvalue weighted by atomic mass is 10.1. The summed E-state index contributed by atoms with van der Waals surface area (Å²) < 4.78 is 5.71. The highest BCUT2D eigenvalue weighted by Crippen LogP contribution is 2.15. The van der Waals surface area contributed by atoms with Gasteiger partial charge in [0.2, 0.25) is 0 Å². The fraction of sp³-hybridized carbons (Fsp3) is 0.588. The number of nitrogens with one attached hydrogen (secondary N) is 2. The number of hydrogen-bond donors (Lipinski definition) is 2. The fourth-order valence-corrected chi connectivity index (χ4v) is 1.88. The van der Waals surface area contributed by atoms with Crippen molar-refractivity contribution in [3.63, 3.8) is 0 Å². The molecule has 1 rings (SSSR count). The Kier molecular flexibility index (Phi) is 7.83. The van der Waals surface area contributed by atoms with Crippen molar-refractivity contribution >= 4 is 5.91 Å². The highest BCUT2D eigenvalue weighted by Gasteiger charge is 2.14. The number of amides is 1. The van der Waals surface area contributed by atoms with Crippen LogP contribution in [0.3, 0.4) is 0 Å². The molecule has 4 heteroatoms. The Hall–Kier alpha value is -1.55. The van der Waals surface area contributed by atoms with Gasteiger partial charge in [0.15, 0.2) is 6.10 Å². The van der Waals surface area contributed by atoms with E-state index in [0.717, 1.165) is 30.8 Å². The summed E-state index contributed by atoms with van der Waals surface area (Å²) in [6.45, 7) is 10.6. The van der Waals surface area contributed by atoms with Gasteiger partial charge in [-0.25, -0.2) is 0 Å². The van der Waals surface area contributed by atoms with Gasteiger partial charge in [0.25, 0.3) is 5.91 Å². The van der Waals surface area contributed by atoms with Crippen LogP contribution in [0, 0.1) is 5.92 Å². The van der Waals surface area contributed by atoms with Crippen LogP contribution < -0.4 is 15.4 Å². The average Bonchev–Trinajstić information content (AvgIpc) is 2.45. The van der Waals surface area contributed by atoms with Crippen LogP contribution >= 0.6 is 0 Å². The molecule has 0 heterocycles. The minimum absolute atomic E-state index is 0.0623. The molecule has 0 spiro atoms. The predicted octanol–water partition coefficient (Wildman–Crippen LogP) is 2.73. The summed E-state index contributed by atoms with van der Waals surface area (Å²) in [6.07, 6.45) is 0.503. The molecule has 2 N–H and O–H groups in total. The van der Waals surface area contributed by atoms with E-state index in [-0.39, 0.29) is 5.91 Å². The minimum Gasteiger partial charge on any atom is -0.481 e. The zero-order valence-electron chi connectivity index (χ0n) is 13.6. The molecule has 0 saturated carbocycles. The highest BCUT2D eigenvalue weighted by atomic mass is 16.5. The zero-order valence-corrected chi connectivity index (χ0v) is 13.6. The Labute approximate surface area is 128 Å². The molecule has 0 radical (unpaired) electrons. The molecular formula is C17H28N2O2. The first kappa shape index (κ1) is 17.5. The summed E-state index contributed by atoms with van der Waals surface area (Å²) >= 11 is 0. The Morgan fingerprint density at radius 3 is 2.71 bits per heavy atom. The molecule has 0 saturated heterocycles. The van der Waals surface area contributed by atoms with Crippen molar-refractivity contribution in [3.05, 3.63) is 29.8 Å². The zero-order chi connectivity index (χ0) is 15.7. The van der Waals surface area contributed by atoms with Crippen molar-refractivity contribution in [1.82, 2.24) is 10.6 Å². The van der Waals surface area contributed by atoms with Crippen LogP contribution in [0.4, 0.5) is 0 Å². The Bertz CT molecular complexity index is 433. The quantitative estimate of drug-likeness (QED) is 0.736. The molecule has 0 aromatic heterocycles. The highest BCUT2D eigenvalue weighted by molar-refractivity contribution is 5.80. The van der Waals surface area contributed by atoms with E-state index in [0.29, 0.717) is 12.5 Å². The molecule has 4 nitrogen and oxygen atoms in total. The van der Waals surface area contributed by atoms with Gasteiger partial charge in [-0.1, -0.05) is 32.9 Å². The van der Waals surface area contributed by atoms with Crippen LogP contribution in [0.15, 0.2) is 24.3 Å². The second kappa shape index (κ2) is 9.40. The maximum Gasteiger partial charge on any atom is 0.260 e. The molecule has 0 aliphatic carbocycles. The normalized spacial score (nSPS) is 12.2. The van der Waals surface area contributed by atoms with Crippen LogP contribution in [-0.2, 0) is 11.3 Å². The van der Waals surface area contributed by atoms with Crippen molar-refractivity contribution < 1.29 is 9.53 Å². The number of carbonyl (C=O) groups excluding carboxylic acids is 1. The molecule has 0 bridgehead atoms. The Morgan fingerprint density at radius 1 is 1.29 bits per heavy atom. The second-order valence-electron chi connectivity index (χ2n) is 5.66. The third kappa shape index (κ3) is 7.14. The maximum atomic E-state index is 11.9. The number of rotatable bonds is 9. The van der Waals surface area contributed by atoms with Crippen molar-refractivity contribution in [3.8, 4) is 5.75 Å². The fourth-order valence-electron chi connectivity index (χ4n) is 1.88. The van der Waals surface area contributed by atoms with Gasteiger partial charge in [-0.15, -0.1) is 0 Å². The molecule has 1 atom stereocenters. The SMILES string of the molecule is CCNCc1cccc(OC(C)C(=O)NCCC(C)C)c1. The van der Waals surface area contributed by atoms with E-state index >= 15 is 0 Å². The largest absolute Gasteiger partial charge is 0.481 e. The molecule has 0 aliphatic heterocycles. The van der Waals surface area contributed by atoms with E-state index in [9.17, 15) is 4.79 Å². The summed E-state index contributed by atoms with van der Waals surface area (Å²) in [5.41, 5.74) is 1.15. The van der Waals surface area contributed by atoms with Gasteiger partial charge in [-0.05, 0) is 43.5 Å². The summed E-state index contributed by atoms with van der Waals surface area (Å²) in [5, 5.41) is 6.18.